The maximum Gasteiger partial charge on any atom is 0.205 e. The van der Waals surface area contributed by atoms with Crippen molar-refractivity contribution in [2.45, 2.75) is 39.5 Å². The van der Waals surface area contributed by atoms with E-state index in [-0.39, 0.29) is 0 Å². The number of halogens is 1. The molecule has 0 fully saturated rings. The third-order valence-corrected chi connectivity index (χ3v) is 5.96. The second-order valence-electron chi connectivity index (χ2n) is 8.13. The Morgan fingerprint density at radius 3 is 1.83 bits per heavy atom. The van der Waals surface area contributed by atoms with E-state index < -0.39 is 0 Å². The fourth-order valence-electron chi connectivity index (χ4n) is 3.96. The lowest BCUT2D eigenvalue weighted by Gasteiger charge is -2.22. The molecule has 0 aliphatic heterocycles. The fourth-order valence-corrected chi connectivity index (χ4v) is 4.38. The summed E-state index contributed by atoms with van der Waals surface area (Å²) >= 11 is 3.69. The number of rotatable bonds is 5. The minimum absolute atomic E-state index is 0.380. The summed E-state index contributed by atoms with van der Waals surface area (Å²) in [6.07, 6.45) is 0. The topological polar surface area (TPSA) is 30.7 Å². The Hall–Kier alpha value is -2.72. The molecule has 0 N–H and O–H groups in total. The van der Waals surface area contributed by atoms with E-state index in [9.17, 15) is 0 Å². The Labute approximate surface area is 186 Å². The monoisotopic (exact) mass is 459 g/mol. The van der Waals surface area contributed by atoms with Gasteiger partial charge in [0, 0.05) is 5.56 Å². The molecule has 0 saturated heterocycles. The molecule has 1 heterocycles. The van der Waals surface area contributed by atoms with Crippen molar-refractivity contribution in [3.8, 4) is 28.2 Å². The molecule has 0 atom stereocenters. The van der Waals surface area contributed by atoms with Crippen LogP contribution in [0.1, 0.15) is 50.7 Å². The largest absolute Gasteiger partial charge is 0.269 e. The van der Waals surface area contributed by atoms with Gasteiger partial charge in [0.2, 0.25) is 4.73 Å². The highest BCUT2D eigenvalue weighted by Crippen LogP contribution is 2.38. The van der Waals surface area contributed by atoms with Gasteiger partial charge in [-0.3, -0.25) is 4.57 Å². The average molecular weight is 460 g/mol. The van der Waals surface area contributed by atoms with Gasteiger partial charge in [-0.15, -0.1) is 10.2 Å². The molecule has 0 aliphatic rings. The first-order valence-electron chi connectivity index (χ1n) is 10.4. The first-order chi connectivity index (χ1) is 14.5. The van der Waals surface area contributed by atoms with Crippen molar-refractivity contribution in [3.05, 3.63) is 88.7 Å². The summed E-state index contributed by atoms with van der Waals surface area (Å²) in [7, 11) is 0. The molecule has 0 radical (unpaired) electrons. The smallest absolute Gasteiger partial charge is 0.205 e. The van der Waals surface area contributed by atoms with Crippen LogP contribution in [-0.4, -0.2) is 14.8 Å². The molecule has 152 valence electrons. The molecule has 30 heavy (non-hydrogen) atoms. The van der Waals surface area contributed by atoms with E-state index in [1.165, 1.54) is 22.4 Å². The number of aromatic nitrogens is 3. The lowest BCUT2D eigenvalue weighted by atomic mass is 9.92. The van der Waals surface area contributed by atoms with Gasteiger partial charge >= 0.3 is 0 Å². The van der Waals surface area contributed by atoms with E-state index in [1.54, 1.807) is 0 Å². The molecular formula is C26H26BrN3. The van der Waals surface area contributed by atoms with Crippen LogP contribution in [0.4, 0.5) is 0 Å². The lowest BCUT2D eigenvalue weighted by Crippen LogP contribution is -2.09. The van der Waals surface area contributed by atoms with E-state index in [1.807, 2.05) is 6.07 Å². The summed E-state index contributed by atoms with van der Waals surface area (Å²) < 4.78 is 2.89. The molecule has 4 aromatic rings. The summed E-state index contributed by atoms with van der Waals surface area (Å²) in [6.45, 7) is 8.94. The maximum absolute atomic E-state index is 4.62. The molecule has 0 amide bonds. The van der Waals surface area contributed by atoms with Gasteiger partial charge in [0.25, 0.3) is 0 Å². The summed E-state index contributed by atoms with van der Waals surface area (Å²) in [5.74, 6) is 1.60. The van der Waals surface area contributed by atoms with Crippen LogP contribution >= 0.6 is 15.9 Å². The molecule has 0 bridgehead atoms. The zero-order valence-electron chi connectivity index (χ0n) is 17.8. The van der Waals surface area contributed by atoms with Crippen LogP contribution in [0.25, 0.3) is 28.2 Å². The van der Waals surface area contributed by atoms with Crippen LogP contribution in [0, 0.1) is 0 Å². The van der Waals surface area contributed by atoms with Gasteiger partial charge in [-0.1, -0.05) is 100 Å². The van der Waals surface area contributed by atoms with Gasteiger partial charge in [0.15, 0.2) is 5.82 Å². The third kappa shape index (κ3) is 3.72. The first kappa shape index (κ1) is 20.5. The summed E-state index contributed by atoms with van der Waals surface area (Å²) in [4.78, 5) is 0. The highest BCUT2D eigenvalue weighted by molar-refractivity contribution is 9.10. The Morgan fingerprint density at radius 1 is 0.667 bits per heavy atom. The van der Waals surface area contributed by atoms with Gasteiger partial charge < -0.3 is 0 Å². The van der Waals surface area contributed by atoms with Gasteiger partial charge in [0.05, 0.1) is 5.69 Å². The number of para-hydroxylation sites is 1. The second-order valence-corrected chi connectivity index (χ2v) is 8.84. The Bertz CT molecular complexity index is 1130. The Morgan fingerprint density at radius 2 is 1.23 bits per heavy atom. The van der Waals surface area contributed by atoms with Gasteiger partial charge in [-0.2, -0.15) is 0 Å². The van der Waals surface area contributed by atoms with E-state index in [2.05, 4.69) is 125 Å². The number of hydrogen-bond donors (Lipinski definition) is 0. The van der Waals surface area contributed by atoms with E-state index in [0.717, 1.165) is 21.7 Å². The predicted octanol–water partition coefficient (Wildman–Crippen LogP) is 7.61. The Balaban J connectivity index is 2.02. The van der Waals surface area contributed by atoms with Gasteiger partial charge in [-0.05, 0) is 50.0 Å². The van der Waals surface area contributed by atoms with Crippen molar-refractivity contribution in [1.82, 2.24) is 14.8 Å². The number of nitrogens with zero attached hydrogens (tertiary/aromatic N) is 3. The van der Waals surface area contributed by atoms with Gasteiger partial charge in [-0.25, -0.2) is 0 Å². The van der Waals surface area contributed by atoms with Crippen LogP contribution in [0.5, 0.6) is 0 Å². The van der Waals surface area contributed by atoms with Crippen molar-refractivity contribution in [3.63, 3.8) is 0 Å². The van der Waals surface area contributed by atoms with Crippen LogP contribution in [-0.2, 0) is 0 Å². The second kappa shape index (κ2) is 8.57. The SMILES string of the molecule is CC(C)c1cccc(C(C)C)c1-n1c(Br)nnc1-c1ccccc1-c1ccccc1. The summed E-state index contributed by atoms with van der Waals surface area (Å²) in [6, 6.07) is 25.4. The predicted molar refractivity (Wildman–Crippen MR) is 128 cm³/mol. The van der Waals surface area contributed by atoms with Crippen molar-refractivity contribution < 1.29 is 0 Å². The number of benzene rings is 3. The molecule has 3 nitrogen and oxygen atoms in total. The van der Waals surface area contributed by atoms with Crippen LogP contribution in [0.2, 0.25) is 0 Å². The molecule has 0 saturated carbocycles. The minimum Gasteiger partial charge on any atom is -0.269 e. The van der Waals surface area contributed by atoms with Crippen LogP contribution in [0.3, 0.4) is 0 Å². The van der Waals surface area contributed by atoms with Crippen molar-refractivity contribution >= 4 is 15.9 Å². The molecule has 4 heteroatoms. The van der Waals surface area contributed by atoms with Crippen LogP contribution < -0.4 is 0 Å². The summed E-state index contributed by atoms with van der Waals surface area (Å²) in [5, 5.41) is 9.05. The van der Waals surface area contributed by atoms with Crippen molar-refractivity contribution in [1.29, 1.82) is 0 Å². The molecule has 0 unspecified atom stereocenters. The zero-order chi connectivity index (χ0) is 21.3. The highest BCUT2D eigenvalue weighted by Gasteiger charge is 2.23. The zero-order valence-corrected chi connectivity index (χ0v) is 19.4. The molecular weight excluding hydrogens is 434 g/mol. The molecule has 0 aliphatic carbocycles. The summed E-state index contributed by atoms with van der Waals surface area (Å²) in [5.41, 5.74) is 7.14. The maximum atomic E-state index is 4.62. The molecule has 4 rings (SSSR count). The average Bonchev–Trinajstić information content (AvgIpc) is 3.14. The highest BCUT2D eigenvalue weighted by atomic mass is 79.9. The lowest BCUT2D eigenvalue weighted by molar-refractivity contribution is 0.802. The van der Waals surface area contributed by atoms with Crippen molar-refractivity contribution in [2.75, 3.05) is 0 Å². The van der Waals surface area contributed by atoms with Gasteiger partial charge in [0.1, 0.15) is 0 Å². The van der Waals surface area contributed by atoms with Crippen molar-refractivity contribution in [2.24, 2.45) is 0 Å². The molecule has 0 spiro atoms. The Kier molecular flexibility index (Phi) is 5.87. The van der Waals surface area contributed by atoms with E-state index in [0.29, 0.717) is 11.8 Å². The number of hydrogen-bond acceptors (Lipinski definition) is 2. The van der Waals surface area contributed by atoms with Crippen LogP contribution in [0.15, 0.2) is 77.5 Å². The van der Waals surface area contributed by atoms with E-state index in [4.69, 9.17) is 0 Å². The normalized spacial score (nSPS) is 11.4. The fraction of sp³-hybridized carbons (Fsp3) is 0.231. The molecule has 3 aromatic carbocycles. The quantitative estimate of drug-likeness (QED) is 0.307. The van der Waals surface area contributed by atoms with E-state index >= 15 is 0 Å². The standard InChI is InChI=1S/C26H26BrN3/c1-17(2)20-15-10-16-21(18(3)4)24(20)30-25(28-29-26(30)27)23-14-9-8-13-22(23)19-11-6-5-7-12-19/h5-18H,1-4H3. The molecule has 1 aromatic heterocycles. The third-order valence-electron chi connectivity index (χ3n) is 5.44. The minimum atomic E-state index is 0.380. The first-order valence-corrected chi connectivity index (χ1v) is 11.2.